The predicted molar refractivity (Wildman–Crippen MR) is 157 cm³/mol. The van der Waals surface area contributed by atoms with Gasteiger partial charge in [0.05, 0.1) is 17.8 Å². The quantitative estimate of drug-likeness (QED) is 0.476. The molecule has 0 unspecified atom stereocenters. The van der Waals surface area contributed by atoms with E-state index < -0.39 is 53.9 Å². The van der Waals surface area contributed by atoms with E-state index in [0.717, 1.165) is 5.71 Å². The molecule has 2 saturated heterocycles. The molecule has 12 atom stereocenters. The van der Waals surface area contributed by atoms with Crippen LogP contribution in [-0.2, 0) is 28.5 Å². The standard InChI is InChI=1S/C31H51N3O8/c1-12-22-31(8)25-20(6)23(32-34(25)29(37)42-31)18(4)15-30(7,38-11)26(16(2)13-17(3)27(36)40-22)41-28-24(35)21(33(9)10)14-19(5)39-28/h13,16,18-22,24-26,28,35H,12,14-15H2,1-11H3/b17-13+/t16-,18+,19-,20+,21+,22-,24-,25-,26-,28+,30-,31-/m1/s1. The van der Waals surface area contributed by atoms with Crippen molar-refractivity contribution in [3.63, 3.8) is 0 Å². The summed E-state index contributed by atoms with van der Waals surface area (Å²) in [5.74, 6) is -1.05. The van der Waals surface area contributed by atoms with E-state index in [2.05, 4.69) is 6.92 Å². The number of aliphatic hydroxyl groups excluding tert-OH is 1. The number of esters is 1. The van der Waals surface area contributed by atoms with E-state index >= 15 is 0 Å². The third-order valence-electron chi connectivity index (χ3n) is 9.92. The molecule has 0 aliphatic carbocycles. The monoisotopic (exact) mass is 593 g/mol. The molecule has 1 amide bonds. The summed E-state index contributed by atoms with van der Waals surface area (Å²) in [7, 11) is 5.52. The largest absolute Gasteiger partial charge is 0.455 e. The first-order chi connectivity index (χ1) is 19.6. The van der Waals surface area contributed by atoms with Crippen LogP contribution in [0.5, 0.6) is 0 Å². The van der Waals surface area contributed by atoms with Crippen LogP contribution in [0.1, 0.15) is 74.7 Å². The Morgan fingerprint density at radius 2 is 1.86 bits per heavy atom. The highest BCUT2D eigenvalue weighted by molar-refractivity contribution is 5.94. The number of fused-ring (bicyclic) bond motifs is 1. The number of hydrazone groups is 1. The molecule has 4 heterocycles. The summed E-state index contributed by atoms with van der Waals surface area (Å²) >= 11 is 0. The first-order valence-corrected chi connectivity index (χ1v) is 15.3. The Kier molecular flexibility index (Phi) is 9.50. The third kappa shape index (κ3) is 5.75. The summed E-state index contributed by atoms with van der Waals surface area (Å²) in [4.78, 5) is 28.5. The van der Waals surface area contributed by atoms with Crippen LogP contribution in [0.3, 0.4) is 0 Å². The molecule has 0 aromatic rings. The van der Waals surface area contributed by atoms with E-state index in [-0.39, 0.29) is 29.9 Å². The van der Waals surface area contributed by atoms with Gasteiger partial charge in [-0.2, -0.15) is 10.1 Å². The molecule has 42 heavy (non-hydrogen) atoms. The topological polar surface area (TPSA) is 119 Å². The van der Waals surface area contributed by atoms with Crippen molar-refractivity contribution in [2.75, 3.05) is 21.2 Å². The molecule has 4 rings (SSSR count). The molecule has 0 aromatic carbocycles. The minimum atomic E-state index is -1.06. The zero-order chi connectivity index (χ0) is 31.3. The minimum absolute atomic E-state index is 0.0906. The van der Waals surface area contributed by atoms with Crippen molar-refractivity contribution in [1.82, 2.24) is 9.91 Å². The first-order valence-electron chi connectivity index (χ1n) is 15.3. The smallest absolute Gasteiger partial charge is 0.431 e. The normalized spacial score (nSPS) is 46.1. The molecule has 2 bridgehead atoms. The van der Waals surface area contributed by atoms with E-state index in [0.29, 0.717) is 24.8 Å². The second-order valence-corrected chi connectivity index (χ2v) is 13.4. The van der Waals surface area contributed by atoms with Crippen LogP contribution in [0.15, 0.2) is 16.8 Å². The Morgan fingerprint density at radius 3 is 2.45 bits per heavy atom. The van der Waals surface area contributed by atoms with Gasteiger partial charge in [0, 0.05) is 36.3 Å². The van der Waals surface area contributed by atoms with Gasteiger partial charge in [-0.25, -0.2) is 9.59 Å². The number of carbonyl (C=O) groups is 2. The lowest BCUT2D eigenvalue weighted by molar-refractivity contribution is -0.294. The molecule has 11 nitrogen and oxygen atoms in total. The molecule has 4 aliphatic rings. The lowest BCUT2D eigenvalue weighted by Gasteiger charge is -2.46. The van der Waals surface area contributed by atoms with Crippen LogP contribution in [0.4, 0.5) is 4.79 Å². The van der Waals surface area contributed by atoms with E-state index in [4.69, 9.17) is 28.8 Å². The number of ether oxygens (including phenoxy) is 5. The number of nitrogens with zero attached hydrogens (tertiary/aromatic N) is 3. The van der Waals surface area contributed by atoms with E-state index in [1.165, 1.54) is 5.01 Å². The molecule has 1 N–H and O–H groups in total. The second-order valence-electron chi connectivity index (χ2n) is 13.4. The molecular formula is C31H51N3O8. The number of hydrogen-bond donors (Lipinski definition) is 1. The summed E-state index contributed by atoms with van der Waals surface area (Å²) in [6, 6.07) is -0.558. The molecule has 238 valence electrons. The number of carbonyl (C=O) groups excluding carboxylic acids is 2. The van der Waals surface area contributed by atoms with Crippen molar-refractivity contribution in [3.8, 4) is 0 Å². The average Bonchev–Trinajstić information content (AvgIpc) is 3.40. The molecule has 0 saturated carbocycles. The van der Waals surface area contributed by atoms with Crippen LogP contribution >= 0.6 is 0 Å². The molecule has 4 aliphatic heterocycles. The van der Waals surface area contributed by atoms with Crippen LogP contribution in [0.25, 0.3) is 0 Å². The third-order valence-corrected chi connectivity index (χ3v) is 9.92. The van der Waals surface area contributed by atoms with E-state index in [9.17, 15) is 14.7 Å². The number of methoxy groups -OCH3 is 1. The van der Waals surface area contributed by atoms with E-state index in [1.54, 1.807) is 14.0 Å². The van der Waals surface area contributed by atoms with Gasteiger partial charge in [-0.15, -0.1) is 0 Å². The highest BCUT2D eigenvalue weighted by Crippen LogP contribution is 2.46. The van der Waals surface area contributed by atoms with Gasteiger partial charge in [-0.1, -0.05) is 33.8 Å². The molecule has 0 aromatic heterocycles. The molecule has 2 fully saturated rings. The van der Waals surface area contributed by atoms with Crippen molar-refractivity contribution in [2.24, 2.45) is 22.9 Å². The Bertz CT molecular complexity index is 1100. The first kappa shape index (κ1) is 32.9. The fourth-order valence-corrected chi connectivity index (χ4v) is 7.67. The van der Waals surface area contributed by atoms with Crippen LogP contribution in [-0.4, -0.2) is 108 Å². The highest BCUT2D eigenvalue weighted by atomic mass is 16.7. The Labute approximate surface area is 250 Å². The van der Waals surface area contributed by atoms with Crippen molar-refractivity contribution in [3.05, 3.63) is 11.6 Å². The van der Waals surface area contributed by atoms with Gasteiger partial charge in [0.15, 0.2) is 11.9 Å². The number of aliphatic hydroxyl groups is 1. The van der Waals surface area contributed by atoms with Crippen LogP contribution in [0, 0.1) is 17.8 Å². The maximum Gasteiger partial charge on any atom is 0.431 e. The molecule has 11 heteroatoms. The zero-order valence-corrected chi connectivity index (χ0v) is 27.1. The highest BCUT2D eigenvalue weighted by Gasteiger charge is 2.62. The molecule has 0 radical (unpaired) electrons. The maximum atomic E-state index is 13.5. The summed E-state index contributed by atoms with van der Waals surface area (Å²) in [5, 5.41) is 17.5. The van der Waals surface area contributed by atoms with E-state index in [1.807, 2.05) is 66.6 Å². The van der Waals surface area contributed by atoms with Gasteiger partial charge in [0.2, 0.25) is 0 Å². The summed E-state index contributed by atoms with van der Waals surface area (Å²) in [6.45, 7) is 15.5. The van der Waals surface area contributed by atoms with Gasteiger partial charge in [0.25, 0.3) is 0 Å². The summed E-state index contributed by atoms with van der Waals surface area (Å²) in [6.07, 6.45) is -0.233. The Hall–Kier alpha value is -2.05. The van der Waals surface area contributed by atoms with Crippen LogP contribution < -0.4 is 0 Å². The Balaban J connectivity index is 1.78. The molecule has 0 spiro atoms. The zero-order valence-electron chi connectivity index (χ0n) is 27.1. The van der Waals surface area contributed by atoms with Crippen molar-refractivity contribution in [2.45, 2.75) is 129 Å². The van der Waals surface area contributed by atoms with Crippen molar-refractivity contribution < 1.29 is 38.4 Å². The van der Waals surface area contributed by atoms with Crippen molar-refractivity contribution in [1.29, 1.82) is 0 Å². The fourth-order valence-electron chi connectivity index (χ4n) is 7.67. The van der Waals surface area contributed by atoms with Gasteiger partial charge in [-0.05, 0) is 67.0 Å². The van der Waals surface area contributed by atoms with Gasteiger partial charge in [-0.3, -0.25) is 0 Å². The summed E-state index contributed by atoms with van der Waals surface area (Å²) < 4.78 is 31.0. The fraction of sp³-hybridized carbons (Fsp3) is 0.839. The van der Waals surface area contributed by atoms with Gasteiger partial charge >= 0.3 is 12.1 Å². The predicted octanol–water partition coefficient (Wildman–Crippen LogP) is 3.73. The number of cyclic esters (lactones) is 1. The summed E-state index contributed by atoms with van der Waals surface area (Å²) in [5.41, 5.74) is -0.681. The molecular weight excluding hydrogens is 542 g/mol. The minimum Gasteiger partial charge on any atom is -0.455 e. The van der Waals surface area contributed by atoms with Crippen LogP contribution in [0.2, 0.25) is 0 Å². The van der Waals surface area contributed by atoms with Crippen molar-refractivity contribution >= 4 is 17.8 Å². The Morgan fingerprint density at radius 1 is 1.19 bits per heavy atom. The maximum absolute atomic E-state index is 13.5. The lowest BCUT2D eigenvalue weighted by atomic mass is 9.75. The average molecular weight is 594 g/mol. The number of rotatable bonds is 5. The lowest BCUT2D eigenvalue weighted by Crippen LogP contribution is -2.58. The van der Waals surface area contributed by atoms with Gasteiger partial charge in [0.1, 0.15) is 18.2 Å². The number of likely N-dealkylation sites (N-methyl/N-ethyl adjacent to an activating group) is 1. The van der Waals surface area contributed by atoms with Gasteiger partial charge < -0.3 is 33.7 Å². The second kappa shape index (κ2) is 12.1. The number of amides is 1. The SMILES string of the molecule is CC[C@H]1OC(=O)/C(C)=C/[C@@H](C)[C@@H](O[C@@H]2O[C@H](C)C[C@H](N(C)C)[C@H]2O)[C@](C)(OC)C[C@H](C)C2=NN3C(=O)O[C@@]1(C)[C@H]3[C@H]2C. The number of hydrogen-bond acceptors (Lipinski definition) is 10.